The molecule has 0 saturated carbocycles. The van der Waals surface area contributed by atoms with Crippen molar-refractivity contribution in [1.29, 1.82) is 0 Å². The molecule has 2 rings (SSSR count). The molecule has 2 fully saturated rings. The summed E-state index contributed by atoms with van der Waals surface area (Å²) < 4.78 is 11.4. The molecule has 2 saturated heterocycles. The van der Waals surface area contributed by atoms with Gasteiger partial charge in [-0.1, -0.05) is 0 Å². The minimum Gasteiger partial charge on any atom is -0.461 e. The Bertz CT molecular complexity index is 289. The van der Waals surface area contributed by atoms with Gasteiger partial charge in [-0.3, -0.25) is 4.79 Å². The molecule has 104 valence electrons. The van der Waals surface area contributed by atoms with Gasteiger partial charge in [0.1, 0.15) is 11.6 Å². The largest absolute Gasteiger partial charge is 0.461 e. The van der Waals surface area contributed by atoms with E-state index < -0.39 is 5.54 Å². The summed E-state index contributed by atoms with van der Waals surface area (Å²) in [5.74, 6) is -0.0894. The molecule has 2 aliphatic rings. The second-order valence-corrected chi connectivity index (χ2v) is 5.97. The van der Waals surface area contributed by atoms with Crippen molar-refractivity contribution < 1.29 is 14.3 Å². The SMILES string of the molecule is CC1CC(OC(=O)C2(C)CCCCN2)CC(C)O1. The van der Waals surface area contributed by atoms with Crippen molar-refractivity contribution in [3.05, 3.63) is 0 Å². The summed E-state index contributed by atoms with van der Waals surface area (Å²) in [5.41, 5.74) is -0.483. The van der Waals surface area contributed by atoms with Crippen LogP contribution in [0, 0.1) is 0 Å². The summed E-state index contributed by atoms with van der Waals surface area (Å²) in [7, 11) is 0. The first-order chi connectivity index (χ1) is 8.49. The Balaban J connectivity index is 1.90. The van der Waals surface area contributed by atoms with Crippen LogP contribution in [-0.4, -0.2) is 36.4 Å². The first-order valence-electron chi connectivity index (χ1n) is 7.11. The molecule has 0 aromatic heterocycles. The van der Waals surface area contributed by atoms with Gasteiger partial charge in [0.25, 0.3) is 0 Å². The van der Waals surface area contributed by atoms with Gasteiger partial charge in [-0.15, -0.1) is 0 Å². The highest BCUT2D eigenvalue weighted by atomic mass is 16.6. The lowest BCUT2D eigenvalue weighted by atomic mass is 9.91. The van der Waals surface area contributed by atoms with Crippen LogP contribution in [0.15, 0.2) is 0 Å². The maximum absolute atomic E-state index is 12.3. The molecule has 0 aromatic rings. The number of ether oxygens (including phenoxy) is 2. The van der Waals surface area contributed by atoms with Crippen molar-refractivity contribution in [3.8, 4) is 0 Å². The number of carbonyl (C=O) groups is 1. The fourth-order valence-electron chi connectivity index (χ4n) is 2.95. The summed E-state index contributed by atoms with van der Waals surface area (Å²) in [5, 5.41) is 3.30. The number of hydrogen-bond acceptors (Lipinski definition) is 4. The van der Waals surface area contributed by atoms with Crippen LogP contribution in [0.5, 0.6) is 0 Å². The van der Waals surface area contributed by atoms with E-state index in [0.717, 1.165) is 38.6 Å². The van der Waals surface area contributed by atoms with Gasteiger partial charge >= 0.3 is 5.97 Å². The van der Waals surface area contributed by atoms with Crippen molar-refractivity contribution in [2.45, 2.75) is 76.7 Å². The van der Waals surface area contributed by atoms with E-state index in [9.17, 15) is 4.79 Å². The lowest BCUT2D eigenvalue weighted by Crippen LogP contribution is -2.54. The van der Waals surface area contributed by atoms with Gasteiger partial charge in [-0.2, -0.15) is 0 Å². The average Bonchev–Trinajstić information content (AvgIpc) is 2.28. The van der Waals surface area contributed by atoms with E-state index in [0.29, 0.717) is 0 Å². The number of hydrogen-bond donors (Lipinski definition) is 1. The van der Waals surface area contributed by atoms with Crippen LogP contribution >= 0.6 is 0 Å². The van der Waals surface area contributed by atoms with Gasteiger partial charge in [0, 0.05) is 12.8 Å². The lowest BCUT2D eigenvalue weighted by Gasteiger charge is -2.36. The average molecular weight is 255 g/mol. The van der Waals surface area contributed by atoms with Gasteiger partial charge in [0.15, 0.2) is 0 Å². The Morgan fingerprint density at radius 1 is 1.28 bits per heavy atom. The predicted molar refractivity (Wildman–Crippen MR) is 69.4 cm³/mol. The molecule has 0 aromatic carbocycles. The first kappa shape index (κ1) is 13.8. The van der Waals surface area contributed by atoms with Crippen LogP contribution in [0.2, 0.25) is 0 Å². The van der Waals surface area contributed by atoms with E-state index in [-0.39, 0.29) is 24.3 Å². The van der Waals surface area contributed by atoms with Gasteiger partial charge in [-0.25, -0.2) is 0 Å². The zero-order valence-electron chi connectivity index (χ0n) is 11.7. The van der Waals surface area contributed by atoms with Crippen molar-refractivity contribution in [3.63, 3.8) is 0 Å². The number of piperidine rings is 1. The molecular weight excluding hydrogens is 230 g/mol. The third-order valence-electron chi connectivity index (χ3n) is 4.00. The van der Waals surface area contributed by atoms with Gasteiger partial charge < -0.3 is 14.8 Å². The molecule has 0 bridgehead atoms. The van der Waals surface area contributed by atoms with Gasteiger partial charge in [0.2, 0.25) is 0 Å². The minimum absolute atomic E-state index is 0.0109. The summed E-state index contributed by atoms with van der Waals surface area (Å²) >= 11 is 0. The zero-order chi connectivity index (χ0) is 13.2. The monoisotopic (exact) mass is 255 g/mol. The standard InChI is InChI=1S/C14H25NO3/c1-10-8-12(9-11(2)17-10)18-13(16)14(3)6-4-5-7-15-14/h10-12,15H,4-9H2,1-3H3. The van der Waals surface area contributed by atoms with E-state index in [1.807, 2.05) is 20.8 Å². The van der Waals surface area contributed by atoms with Gasteiger partial charge in [-0.05, 0) is 46.6 Å². The summed E-state index contributed by atoms with van der Waals surface area (Å²) in [6.07, 6.45) is 5.11. The second kappa shape index (κ2) is 5.57. The molecule has 18 heavy (non-hydrogen) atoms. The Labute approximate surface area is 109 Å². The van der Waals surface area contributed by atoms with Crippen LogP contribution in [0.4, 0.5) is 0 Å². The van der Waals surface area contributed by atoms with Crippen molar-refractivity contribution in [2.75, 3.05) is 6.54 Å². The molecule has 4 nitrogen and oxygen atoms in total. The quantitative estimate of drug-likeness (QED) is 0.767. The van der Waals surface area contributed by atoms with Crippen molar-refractivity contribution >= 4 is 5.97 Å². The fraction of sp³-hybridized carbons (Fsp3) is 0.929. The molecule has 4 heteroatoms. The molecule has 2 aliphatic heterocycles. The Kier molecular flexibility index (Phi) is 4.28. The second-order valence-electron chi connectivity index (χ2n) is 5.97. The Morgan fingerprint density at radius 3 is 2.50 bits per heavy atom. The van der Waals surface area contributed by atoms with E-state index in [2.05, 4.69) is 5.32 Å². The highest BCUT2D eigenvalue weighted by Gasteiger charge is 2.38. The van der Waals surface area contributed by atoms with E-state index in [1.165, 1.54) is 0 Å². The predicted octanol–water partition coefficient (Wildman–Crippen LogP) is 2.02. The Hall–Kier alpha value is -0.610. The topological polar surface area (TPSA) is 47.6 Å². The summed E-state index contributed by atoms with van der Waals surface area (Å²) in [6, 6.07) is 0. The molecule has 0 aliphatic carbocycles. The molecule has 0 amide bonds. The molecular formula is C14H25NO3. The molecule has 2 heterocycles. The Morgan fingerprint density at radius 2 is 1.94 bits per heavy atom. The van der Waals surface area contributed by atoms with Crippen molar-refractivity contribution in [1.82, 2.24) is 5.32 Å². The minimum atomic E-state index is -0.483. The first-order valence-corrected chi connectivity index (χ1v) is 7.11. The summed E-state index contributed by atoms with van der Waals surface area (Å²) in [4.78, 5) is 12.3. The molecule has 1 N–H and O–H groups in total. The maximum atomic E-state index is 12.3. The van der Waals surface area contributed by atoms with E-state index in [4.69, 9.17) is 9.47 Å². The summed E-state index contributed by atoms with van der Waals surface area (Å²) in [6.45, 7) is 6.95. The van der Waals surface area contributed by atoms with Crippen LogP contribution in [0.1, 0.15) is 52.9 Å². The molecule has 0 radical (unpaired) electrons. The van der Waals surface area contributed by atoms with Gasteiger partial charge in [0.05, 0.1) is 12.2 Å². The normalized spacial score (nSPS) is 41.4. The number of carbonyl (C=O) groups excluding carboxylic acids is 1. The van der Waals surface area contributed by atoms with Crippen molar-refractivity contribution in [2.24, 2.45) is 0 Å². The highest BCUT2D eigenvalue weighted by molar-refractivity contribution is 5.80. The number of esters is 1. The number of rotatable bonds is 2. The highest BCUT2D eigenvalue weighted by Crippen LogP contribution is 2.25. The zero-order valence-corrected chi connectivity index (χ0v) is 11.7. The van der Waals surface area contributed by atoms with Crippen LogP contribution in [0.3, 0.4) is 0 Å². The number of nitrogens with one attached hydrogen (secondary N) is 1. The smallest absolute Gasteiger partial charge is 0.326 e. The molecule has 3 atom stereocenters. The third-order valence-corrected chi connectivity index (χ3v) is 4.00. The van der Waals surface area contributed by atoms with Crippen LogP contribution < -0.4 is 5.32 Å². The lowest BCUT2D eigenvalue weighted by molar-refractivity contribution is -0.167. The fourth-order valence-corrected chi connectivity index (χ4v) is 2.95. The third kappa shape index (κ3) is 3.23. The van der Waals surface area contributed by atoms with Crippen LogP contribution in [0.25, 0.3) is 0 Å². The van der Waals surface area contributed by atoms with E-state index in [1.54, 1.807) is 0 Å². The molecule has 0 spiro atoms. The van der Waals surface area contributed by atoms with E-state index >= 15 is 0 Å². The van der Waals surface area contributed by atoms with Crippen LogP contribution in [-0.2, 0) is 14.3 Å². The molecule has 3 unspecified atom stereocenters. The maximum Gasteiger partial charge on any atom is 0.326 e.